The summed E-state index contributed by atoms with van der Waals surface area (Å²) in [6.07, 6.45) is 11.0. The molecule has 2 rings (SSSR count). The maximum absolute atomic E-state index is 9.15. The van der Waals surface area contributed by atoms with Crippen molar-refractivity contribution < 1.29 is 9.84 Å². The van der Waals surface area contributed by atoms with E-state index in [0.717, 1.165) is 6.42 Å². The number of epoxide rings is 1. The van der Waals surface area contributed by atoms with Crippen molar-refractivity contribution in [3.05, 3.63) is 29.8 Å². The molecule has 1 heterocycles. The van der Waals surface area contributed by atoms with Crippen LogP contribution in [0.4, 0.5) is 0 Å². The van der Waals surface area contributed by atoms with Gasteiger partial charge < -0.3 is 9.84 Å². The van der Waals surface area contributed by atoms with E-state index in [0.29, 0.717) is 11.9 Å². The zero-order chi connectivity index (χ0) is 15.5. The number of unbranched alkanes of at least 4 members (excludes halogenated alkanes) is 6. The lowest BCUT2D eigenvalue weighted by Crippen LogP contribution is -1.85. The van der Waals surface area contributed by atoms with E-state index in [2.05, 4.69) is 11.7 Å². The Hall–Kier alpha value is -0.730. The first-order valence-corrected chi connectivity index (χ1v) is 8.64. The van der Waals surface area contributed by atoms with Gasteiger partial charge in [-0.25, -0.2) is 0 Å². The fourth-order valence-electron chi connectivity index (χ4n) is 2.11. The smallest absolute Gasteiger partial charge is 0.157 e. The van der Waals surface area contributed by atoms with Crippen molar-refractivity contribution in [2.24, 2.45) is 0 Å². The lowest BCUT2D eigenvalue weighted by atomic mass is 10.0. The Morgan fingerprint density at radius 1 is 1.00 bits per heavy atom. The fraction of sp³-hybridized carbons (Fsp3) is 0.667. The minimum Gasteiger partial charge on any atom is -0.508 e. The largest absolute Gasteiger partial charge is 0.508 e. The first-order chi connectivity index (χ1) is 10.1. The highest BCUT2D eigenvalue weighted by molar-refractivity contribution is 6.21. The molecule has 1 aromatic rings. The molecule has 3 heteroatoms. The molecule has 1 aliphatic heterocycles. The zero-order valence-electron chi connectivity index (χ0n) is 13.4. The maximum Gasteiger partial charge on any atom is 0.157 e. The molecule has 0 saturated carbocycles. The van der Waals surface area contributed by atoms with Gasteiger partial charge in [-0.15, -0.1) is 0 Å². The third-order valence-electron chi connectivity index (χ3n) is 3.64. The minimum absolute atomic E-state index is 0.0231. The van der Waals surface area contributed by atoms with Crippen LogP contribution in [-0.4, -0.2) is 16.8 Å². The lowest BCUT2D eigenvalue weighted by Gasteiger charge is -2.02. The number of hydrogen-bond donors (Lipinski definition) is 1. The molecule has 1 N–H and O–H groups in total. The predicted octanol–water partition coefficient (Wildman–Crippen LogP) is 5.66. The van der Waals surface area contributed by atoms with Crippen molar-refractivity contribution in [1.29, 1.82) is 0 Å². The SMILES string of the molecule is CC1OC1Cl.CCCCCCCCCc1ccc(O)cc1. The zero-order valence-corrected chi connectivity index (χ0v) is 14.1. The quantitative estimate of drug-likeness (QED) is 0.382. The Bertz CT molecular complexity index is 358. The van der Waals surface area contributed by atoms with Crippen molar-refractivity contribution in [1.82, 2.24) is 0 Å². The summed E-state index contributed by atoms with van der Waals surface area (Å²) >= 11 is 5.31. The van der Waals surface area contributed by atoms with Crippen molar-refractivity contribution in [3.8, 4) is 5.75 Å². The molecular formula is C18H29ClO2. The maximum atomic E-state index is 9.15. The van der Waals surface area contributed by atoms with Crippen molar-refractivity contribution in [2.75, 3.05) is 0 Å². The topological polar surface area (TPSA) is 32.8 Å². The summed E-state index contributed by atoms with van der Waals surface area (Å²) in [6, 6.07) is 7.59. The summed E-state index contributed by atoms with van der Waals surface area (Å²) in [6.45, 7) is 4.20. The molecule has 2 unspecified atom stereocenters. The Labute approximate surface area is 134 Å². The van der Waals surface area contributed by atoms with Crippen molar-refractivity contribution in [3.63, 3.8) is 0 Å². The van der Waals surface area contributed by atoms with E-state index in [4.69, 9.17) is 16.7 Å². The molecule has 0 bridgehead atoms. The number of phenols is 1. The van der Waals surface area contributed by atoms with Gasteiger partial charge in [0.05, 0.1) is 6.10 Å². The van der Waals surface area contributed by atoms with Crippen LogP contribution in [0.5, 0.6) is 5.75 Å². The van der Waals surface area contributed by atoms with E-state index < -0.39 is 0 Å². The summed E-state index contributed by atoms with van der Waals surface area (Å²) in [5, 5.41) is 9.15. The van der Waals surface area contributed by atoms with Crippen molar-refractivity contribution in [2.45, 2.75) is 76.9 Å². The number of benzene rings is 1. The molecule has 1 fully saturated rings. The predicted molar refractivity (Wildman–Crippen MR) is 90.0 cm³/mol. The average molecular weight is 313 g/mol. The molecule has 1 aliphatic rings. The van der Waals surface area contributed by atoms with E-state index in [1.807, 2.05) is 19.1 Å². The van der Waals surface area contributed by atoms with Gasteiger partial charge >= 0.3 is 0 Å². The fourth-order valence-corrected chi connectivity index (χ4v) is 2.27. The summed E-state index contributed by atoms with van der Waals surface area (Å²) in [5.74, 6) is 0.364. The van der Waals surface area contributed by atoms with Gasteiger partial charge in [0.25, 0.3) is 0 Å². The van der Waals surface area contributed by atoms with Crippen LogP contribution in [0.2, 0.25) is 0 Å². The van der Waals surface area contributed by atoms with Gasteiger partial charge in [-0.05, 0) is 37.5 Å². The normalized spacial score (nSPS) is 19.8. The average Bonchev–Trinajstić information content (AvgIpc) is 3.13. The van der Waals surface area contributed by atoms with E-state index in [9.17, 15) is 0 Å². The van der Waals surface area contributed by atoms with Gasteiger partial charge in [0.15, 0.2) is 5.56 Å². The Morgan fingerprint density at radius 2 is 1.48 bits per heavy atom. The van der Waals surface area contributed by atoms with Crippen LogP contribution in [0.15, 0.2) is 24.3 Å². The van der Waals surface area contributed by atoms with Gasteiger partial charge in [-0.2, -0.15) is 0 Å². The Morgan fingerprint density at radius 3 is 1.95 bits per heavy atom. The highest BCUT2D eigenvalue weighted by atomic mass is 35.5. The number of phenolic OH excluding ortho intramolecular Hbond substituents is 1. The third kappa shape index (κ3) is 9.76. The van der Waals surface area contributed by atoms with Gasteiger partial charge in [0, 0.05) is 0 Å². The monoisotopic (exact) mass is 312 g/mol. The molecule has 1 aromatic carbocycles. The van der Waals surface area contributed by atoms with Gasteiger partial charge in [0.2, 0.25) is 0 Å². The molecule has 0 aromatic heterocycles. The Balaban J connectivity index is 0.000000369. The molecule has 0 radical (unpaired) electrons. The highest BCUT2D eigenvalue weighted by Gasteiger charge is 2.30. The molecule has 21 heavy (non-hydrogen) atoms. The summed E-state index contributed by atoms with van der Waals surface area (Å²) in [7, 11) is 0. The minimum atomic E-state index is 0.0231. The van der Waals surface area contributed by atoms with Crippen LogP contribution in [0.3, 0.4) is 0 Å². The summed E-state index contributed by atoms with van der Waals surface area (Å²) in [5.41, 5.74) is 1.36. The first kappa shape index (κ1) is 18.3. The second-order valence-electron chi connectivity index (χ2n) is 5.73. The first-order valence-electron chi connectivity index (χ1n) is 8.21. The van der Waals surface area contributed by atoms with E-state index >= 15 is 0 Å². The number of hydrogen-bond acceptors (Lipinski definition) is 2. The molecule has 2 nitrogen and oxygen atoms in total. The van der Waals surface area contributed by atoms with Crippen LogP contribution in [0.25, 0.3) is 0 Å². The van der Waals surface area contributed by atoms with Crippen molar-refractivity contribution >= 4 is 11.6 Å². The number of aryl methyl sites for hydroxylation is 1. The van der Waals surface area contributed by atoms with Gasteiger partial charge in [-0.1, -0.05) is 69.2 Å². The number of aromatic hydroxyl groups is 1. The van der Waals surface area contributed by atoms with Crippen LogP contribution in [0.1, 0.15) is 64.4 Å². The molecule has 0 spiro atoms. The van der Waals surface area contributed by atoms with Gasteiger partial charge in [0.1, 0.15) is 5.75 Å². The summed E-state index contributed by atoms with van der Waals surface area (Å²) in [4.78, 5) is 0. The molecule has 1 saturated heterocycles. The highest BCUT2D eigenvalue weighted by Crippen LogP contribution is 2.23. The van der Waals surface area contributed by atoms with E-state index in [-0.39, 0.29) is 5.56 Å². The van der Waals surface area contributed by atoms with Crippen LogP contribution >= 0.6 is 11.6 Å². The molecule has 0 aliphatic carbocycles. The lowest BCUT2D eigenvalue weighted by molar-refractivity contribution is 0.411. The molecule has 2 atom stereocenters. The van der Waals surface area contributed by atoms with Gasteiger partial charge in [-0.3, -0.25) is 0 Å². The second kappa shape index (κ2) is 10.9. The molecule has 0 amide bonds. The number of halogens is 1. The second-order valence-corrected chi connectivity index (χ2v) is 6.16. The van der Waals surface area contributed by atoms with Crippen LogP contribution < -0.4 is 0 Å². The van der Waals surface area contributed by atoms with E-state index in [1.54, 1.807) is 12.1 Å². The summed E-state index contributed by atoms with van der Waals surface area (Å²) < 4.78 is 4.68. The number of ether oxygens (including phenoxy) is 1. The number of alkyl halides is 1. The molecular weight excluding hydrogens is 284 g/mol. The van der Waals surface area contributed by atoms with Crippen LogP contribution in [0, 0.1) is 0 Å². The Kier molecular flexibility index (Phi) is 9.53. The standard InChI is InChI=1S/C15H24O.C3H5ClO/c1-2-3-4-5-6-7-8-9-14-10-12-15(16)13-11-14;1-2-3(4)5-2/h10-13,16H,2-9H2,1H3;2-3H,1H3. The third-order valence-corrected chi connectivity index (χ3v) is 4.10. The molecule has 120 valence electrons. The van der Waals surface area contributed by atoms with E-state index in [1.165, 1.54) is 50.5 Å². The number of rotatable bonds is 8. The van der Waals surface area contributed by atoms with Crippen LogP contribution in [-0.2, 0) is 11.2 Å².